The van der Waals surface area contributed by atoms with Gasteiger partial charge in [-0.05, 0) is 60.2 Å². The highest BCUT2D eigenvalue weighted by Gasteiger charge is 2.34. The first-order valence-electron chi connectivity index (χ1n) is 12.7. The van der Waals surface area contributed by atoms with Crippen LogP contribution in [0.5, 0.6) is 0 Å². The van der Waals surface area contributed by atoms with Gasteiger partial charge < -0.3 is 14.6 Å². The first kappa shape index (κ1) is 26.1. The maximum Gasteiger partial charge on any atom is 0.248 e. The molecule has 0 spiro atoms. The molecule has 1 fully saturated rings. The molecule has 4 aromatic rings. The zero-order chi connectivity index (χ0) is 26.5. The molecule has 5 rings (SSSR count). The van der Waals surface area contributed by atoms with E-state index in [1.807, 2.05) is 48.7 Å². The quantitative estimate of drug-likeness (QED) is 0.307. The van der Waals surface area contributed by atoms with E-state index in [2.05, 4.69) is 20.7 Å². The number of tetrazole rings is 1. The third-order valence-corrected chi connectivity index (χ3v) is 7.93. The van der Waals surface area contributed by atoms with Gasteiger partial charge in [-0.2, -0.15) is 4.80 Å². The zero-order valence-corrected chi connectivity index (χ0v) is 22.6. The minimum atomic E-state index is -0.823. The number of nitrogens with zero attached hydrogens (tertiary/aromatic N) is 5. The van der Waals surface area contributed by atoms with Crippen LogP contribution in [0.2, 0.25) is 5.02 Å². The van der Waals surface area contributed by atoms with Gasteiger partial charge in [0.15, 0.2) is 5.76 Å². The maximum absolute atomic E-state index is 13.9. The molecule has 198 valence electrons. The van der Waals surface area contributed by atoms with Crippen LogP contribution in [0.15, 0.2) is 58.3 Å². The topological polar surface area (TPSA) is 106 Å². The summed E-state index contributed by atoms with van der Waals surface area (Å²) in [6.07, 6.45) is 5.25. The summed E-state index contributed by atoms with van der Waals surface area (Å²) in [5.41, 5.74) is 0.743. The van der Waals surface area contributed by atoms with Gasteiger partial charge in [0, 0.05) is 22.5 Å². The largest absolute Gasteiger partial charge is 0.458 e. The molecular weight excluding hydrogens is 524 g/mol. The Morgan fingerprint density at radius 1 is 1.16 bits per heavy atom. The van der Waals surface area contributed by atoms with E-state index in [0.29, 0.717) is 10.8 Å². The number of rotatable bonds is 9. The van der Waals surface area contributed by atoms with Gasteiger partial charge in [-0.25, -0.2) is 0 Å². The molecular formula is C27H29ClN6O3S. The maximum atomic E-state index is 13.9. The fourth-order valence-electron chi connectivity index (χ4n) is 4.71. The summed E-state index contributed by atoms with van der Waals surface area (Å²) in [5.74, 6) is 0.951. The fourth-order valence-corrected chi connectivity index (χ4v) is 5.74. The molecule has 11 heteroatoms. The standard InChI is InChI=1S/C27H29ClN6O3S/c1-18-13-14-22(37-18)26-30-32-34(31-26)17-24(35)33(16-19-8-5-6-11-21(19)28)25(23-12-7-15-38-23)27(36)29-20-9-3-2-4-10-20/h5-8,11-15,20,25H,2-4,9-10,16-17H2,1H3,(H,29,36)/t25-/m1/s1. The number of hydrogen-bond acceptors (Lipinski definition) is 7. The average molecular weight is 553 g/mol. The Balaban J connectivity index is 1.44. The second-order valence-corrected chi connectivity index (χ2v) is 10.8. The van der Waals surface area contributed by atoms with Crippen molar-refractivity contribution in [3.63, 3.8) is 0 Å². The Bertz CT molecular complexity index is 1380. The summed E-state index contributed by atoms with van der Waals surface area (Å²) in [6.45, 7) is 1.78. The molecule has 3 heterocycles. The minimum Gasteiger partial charge on any atom is -0.458 e. The lowest BCUT2D eigenvalue weighted by atomic mass is 9.95. The highest BCUT2D eigenvalue weighted by atomic mass is 35.5. The van der Waals surface area contributed by atoms with E-state index in [1.54, 1.807) is 17.0 Å². The van der Waals surface area contributed by atoms with Gasteiger partial charge in [0.1, 0.15) is 18.3 Å². The Hall–Kier alpha value is -3.50. The fraction of sp³-hybridized carbons (Fsp3) is 0.370. The number of carbonyl (C=O) groups is 2. The molecule has 1 aliphatic rings. The summed E-state index contributed by atoms with van der Waals surface area (Å²) < 4.78 is 5.58. The molecule has 1 saturated carbocycles. The molecule has 0 saturated heterocycles. The van der Waals surface area contributed by atoms with Crippen molar-refractivity contribution in [2.45, 2.75) is 64.2 Å². The molecule has 1 aliphatic carbocycles. The number of carbonyl (C=O) groups excluding carboxylic acids is 2. The van der Waals surface area contributed by atoms with E-state index in [0.717, 1.165) is 41.9 Å². The van der Waals surface area contributed by atoms with Gasteiger partial charge in [-0.3, -0.25) is 9.59 Å². The molecule has 1 N–H and O–H groups in total. The predicted molar refractivity (Wildman–Crippen MR) is 144 cm³/mol. The summed E-state index contributed by atoms with van der Waals surface area (Å²) in [4.78, 5) is 31.2. The zero-order valence-electron chi connectivity index (χ0n) is 21.0. The normalized spacial score (nSPS) is 14.8. The van der Waals surface area contributed by atoms with Crippen LogP contribution in [0.25, 0.3) is 11.6 Å². The smallest absolute Gasteiger partial charge is 0.248 e. The van der Waals surface area contributed by atoms with Crippen LogP contribution < -0.4 is 5.32 Å². The number of furan rings is 1. The van der Waals surface area contributed by atoms with Crippen molar-refractivity contribution >= 4 is 34.8 Å². The van der Waals surface area contributed by atoms with Gasteiger partial charge in [0.25, 0.3) is 0 Å². The van der Waals surface area contributed by atoms with Crippen LogP contribution in [-0.2, 0) is 22.7 Å². The lowest BCUT2D eigenvalue weighted by Crippen LogP contribution is -2.47. The van der Waals surface area contributed by atoms with Gasteiger partial charge in [0.05, 0.1) is 0 Å². The van der Waals surface area contributed by atoms with Crippen molar-refractivity contribution in [3.8, 4) is 11.6 Å². The minimum absolute atomic E-state index is 0.104. The third-order valence-electron chi connectivity index (χ3n) is 6.63. The molecule has 9 nitrogen and oxygen atoms in total. The second-order valence-electron chi connectivity index (χ2n) is 9.43. The van der Waals surface area contributed by atoms with Gasteiger partial charge >= 0.3 is 0 Å². The van der Waals surface area contributed by atoms with E-state index in [4.69, 9.17) is 16.0 Å². The van der Waals surface area contributed by atoms with Gasteiger partial charge in [-0.15, -0.1) is 21.5 Å². The Morgan fingerprint density at radius 3 is 2.68 bits per heavy atom. The summed E-state index contributed by atoms with van der Waals surface area (Å²) >= 11 is 7.93. The lowest BCUT2D eigenvalue weighted by molar-refractivity contribution is -0.142. The van der Waals surface area contributed by atoms with E-state index in [1.165, 1.54) is 22.6 Å². The van der Waals surface area contributed by atoms with Crippen LogP contribution in [0.3, 0.4) is 0 Å². The van der Waals surface area contributed by atoms with Crippen LogP contribution in [-0.4, -0.2) is 43.0 Å². The van der Waals surface area contributed by atoms with Crippen LogP contribution in [0.1, 0.15) is 54.3 Å². The first-order chi connectivity index (χ1) is 18.5. The molecule has 38 heavy (non-hydrogen) atoms. The van der Waals surface area contributed by atoms with Crippen LogP contribution in [0, 0.1) is 6.92 Å². The number of benzene rings is 1. The molecule has 1 aromatic carbocycles. The highest BCUT2D eigenvalue weighted by molar-refractivity contribution is 7.10. The average Bonchev–Trinajstić information content (AvgIpc) is 3.68. The van der Waals surface area contributed by atoms with Crippen molar-refractivity contribution in [2.24, 2.45) is 0 Å². The van der Waals surface area contributed by atoms with E-state index >= 15 is 0 Å². The number of aromatic nitrogens is 4. The number of halogens is 1. The Morgan fingerprint density at radius 2 is 1.97 bits per heavy atom. The van der Waals surface area contributed by atoms with Gasteiger partial charge in [-0.1, -0.05) is 55.1 Å². The summed E-state index contributed by atoms with van der Waals surface area (Å²) in [6, 6.07) is 13.9. The van der Waals surface area contributed by atoms with E-state index in [-0.39, 0.29) is 36.8 Å². The van der Waals surface area contributed by atoms with Crippen molar-refractivity contribution in [1.82, 2.24) is 30.4 Å². The van der Waals surface area contributed by atoms with Crippen molar-refractivity contribution < 1.29 is 14.0 Å². The number of thiophene rings is 1. The SMILES string of the molecule is Cc1ccc(-c2nnn(CC(=O)N(Cc3ccccc3Cl)[C@@H](C(=O)NC3CCCCC3)c3cccs3)n2)o1. The molecule has 0 radical (unpaired) electrons. The predicted octanol–water partition coefficient (Wildman–Crippen LogP) is 5.18. The molecule has 1 atom stereocenters. The molecule has 0 bridgehead atoms. The van der Waals surface area contributed by atoms with Crippen LogP contribution >= 0.6 is 22.9 Å². The monoisotopic (exact) mass is 552 g/mol. The molecule has 2 amide bonds. The summed E-state index contributed by atoms with van der Waals surface area (Å²) in [5, 5.41) is 18.1. The number of amides is 2. The first-order valence-corrected chi connectivity index (χ1v) is 13.9. The van der Waals surface area contributed by atoms with Crippen molar-refractivity contribution in [2.75, 3.05) is 0 Å². The summed E-state index contributed by atoms with van der Waals surface area (Å²) in [7, 11) is 0. The third kappa shape index (κ3) is 6.14. The van der Waals surface area contributed by atoms with E-state index in [9.17, 15) is 9.59 Å². The highest BCUT2D eigenvalue weighted by Crippen LogP contribution is 2.30. The lowest BCUT2D eigenvalue weighted by Gasteiger charge is -2.32. The molecule has 0 unspecified atom stereocenters. The molecule has 0 aliphatic heterocycles. The second kappa shape index (κ2) is 11.9. The van der Waals surface area contributed by atoms with Crippen molar-refractivity contribution in [3.05, 3.63) is 75.1 Å². The van der Waals surface area contributed by atoms with Crippen LogP contribution in [0.4, 0.5) is 0 Å². The number of hydrogen-bond donors (Lipinski definition) is 1. The number of aryl methyl sites for hydroxylation is 1. The Kier molecular flexibility index (Phi) is 8.19. The van der Waals surface area contributed by atoms with Crippen molar-refractivity contribution in [1.29, 1.82) is 0 Å². The van der Waals surface area contributed by atoms with E-state index < -0.39 is 6.04 Å². The van der Waals surface area contributed by atoms with Gasteiger partial charge in [0.2, 0.25) is 17.6 Å². The molecule has 3 aromatic heterocycles. The number of nitrogens with one attached hydrogen (secondary N) is 1. The Labute approximate surface area is 229 Å².